The number of hydrogen-bond acceptors (Lipinski definition) is 5. The van der Waals surface area contributed by atoms with Crippen LogP contribution in [0, 0.1) is 0 Å². The highest BCUT2D eigenvalue weighted by atomic mass is 32.2. The third kappa shape index (κ3) is 2.74. The Kier molecular flexibility index (Phi) is 3.47. The van der Waals surface area contributed by atoms with Gasteiger partial charge in [-0.15, -0.1) is 0 Å². The van der Waals surface area contributed by atoms with E-state index in [0.29, 0.717) is 12.3 Å². The van der Waals surface area contributed by atoms with Crippen LogP contribution in [0.1, 0.15) is 6.92 Å². The van der Waals surface area contributed by atoms with Gasteiger partial charge in [-0.2, -0.15) is 0 Å². The van der Waals surface area contributed by atoms with Crippen molar-refractivity contribution in [3.05, 3.63) is 18.2 Å². The molecule has 1 aromatic rings. The summed E-state index contributed by atoms with van der Waals surface area (Å²) >= 11 is 0. The van der Waals surface area contributed by atoms with Gasteiger partial charge in [0.1, 0.15) is 0 Å². The van der Waals surface area contributed by atoms with Crippen molar-refractivity contribution in [2.24, 2.45) is 5.14 Å². The summed E-state index contributed by atoms with van der Waals surface area (Å²) in [6.07, 6.45) is 0.135. The zero-order valence-corrected chi connectivity index (χ0v) is 11.0. The number of benzene rings is 1. The first-order chi connectivity index (χ1) is 8.38. The van der Waals surface area contributed by atoms with Crippen LogP contribution in [0.5, 0.6) is 0 Å². The van der Waals surface area contributed by atoms with Crippen molar-refractivity contribution < 1.29 is 13.2 Å². The molecular weight excluding hydrogens is 254 g/mol. The minimum absolute atomic E-state index is 0.0325. The predicted molar refractivity (Wildman–Crippen MR) is 69.9 cm³/mol. The highest BCUT2D eigenvalue weighted by Crippen LogP contribution is 2.27. The molecule has 100 valence electrons. The summed E-state index contributed by atoms with van der Waals surface area (Å²) in [6, 6.07) is 4.55. The van der Waals surface area contributed by atoms with Gasteiger partial charge >= 0.3 is 0 Å². The van der Waals surface area contributed by atoms with Crippen LogP contribution in [0.15, 0.2) is 23.1 Å². The zero-order valence-electron chi connectivity index (χ0n) is 10.2. The normalized spacial score (nSPS) is 21.0. The molecule has 1 saturated heterocycles. The fourth-order valence-corrected chi connectivity index (χ4v) is 2.58. The molecule has 1 unspecified atom stereocenters. The molecule has 0 aromatic heterocycles. The van der Waals surface area contributed by atoms with E-state index in [1.54, 1.807) is 6.07 Å². The van der Waals surface area contributed by atoms with Gasteiger partial charge < -0.3 is 15.4 Å². The van der Waals surface area contributed by atoms with E-state index in [9.17, 15) is 8.42 Å². The Labute approximate surface area is 107 Å². The van der Waals surface area contributed by atoms with Crippen LogP contribution in [0.25, 0.3) is 0 Å². The maximum absolute atomic E-state index is 11.2. The molecule has 4 N–H and O–H groups in total. The molecule has 0 radical (unpaired) electrons. The second-order valence-electron chi connectivity index (χ2n) is 4.39. The number of hydrogen-bond donors (Lipinski definition) is 2. The molecule has 0 bridgehead atoms. The lowest BCUT2D eigenvalue weighted by Gasteiger charge is -2.33. The Hall–Kier alpha value is -1.31. The van der Waals surface area contributed by atoms with Gasteiger partial charge in [0.15, 0.2) is 0 Å². The number of rotatable bonds is 2. The first-order valence-electron chi connectivity index (χ1n) is 5.67. The number of nitrogens with zero attached hydrogens (tertiary/aromatic N) is 1. The summed E-state index contributed by atoms with van der Waals surface area (Å²) in [5.74, 6) is 0. The molecule has 0 aliphatic carbocycles. The van der Waals surface area contributed by atoms with Crippen molar-refractivity contribution in [1.29, 1.82) is 0 Å². The third-order valence-corrected chi connectivity index (χ3v) is 3.82. The van der Waals surface area contributed by atoms with E-state index in [1.165, 1.54) is 12.1 Å². The highest BCUT2D eigenvalue weighted by Gasteiger charge is 2.19. The van der Waals surface area contributed by atoms with Crippen molar-refractivity contribution in [1.82, 2.24) is 0 Å². The summed E-state index contributed by atoms with van der Waals surface area (Å²) in [5.41, 5.74) is 7.12. The van der Waals surface area contributed by atoms with Gasteiger partial charge in [-0.05, 0) is 25.1 Å². The van der Waals surface area contributed by atoms with E-state index in [1.807, 2.05) is 6.92 Å². The van der Waals surface area contributed by atoms with Crippen LogP contribution in [0.3, 0.4) is 0 Å². The van der Waals surface area contributed by atoms with Crippen LogP contribution < -0.4 is 15.8 Å². The quantitative estimate of drug-likeness (QED) is 0.746. The lowest BCUT2D eigenvalue weighted by Crippen LogP contribution is -2.41. The number of primary sulfonamides is 1. The number of morpholine rings is 1. The van der Waals surface area contributed by atoms with Crippen LogP contribution in [0.2, 0.25) is 0 Å². The van der Waals surface area contributed by atoms with Crippen molar-refractivity contribution in [2.45, 2.75) is 17.9 Å². The predicted octanol–water partition coefficient (Wildman–Crippen LogP) is 0.141. The Bertz CT molecular complexity index is 544. The van der Waals surface area contributed by atoms with Crippen LogP contribution >= 0.6 is 0 Å². The highest BCUT2D eigenvalue weighted by molar-refractivity contribution is 7.89. The third-order valence-electron chi connectivity index (χ3n) is 2.91. The molecule has 0 saturated carbocycles. The fraction of sp³-hybridized carbons (Fsp3) is 0.455. The molecular formula is C11H17N3O3S. The van der Waals surface area contributed by atoms with E-state index >= 15 is 0 Å². The van der Waals surface area contributed by atoms with Crippen molar-refractivity contribution in [3.8, 4) is 0 Å². The summed E-state index contributed by atoms with van der Waals surface area (Å²) in [6.45, 7) is 4.10. The SMILES string of the molecule is CC1CN(c2ccc(S(N)(=O)=O)cc2N)CCO1. The molecule has 7 heteroatoms. The molecule has 0 amide bonds. The Balaban J connectivity index is 2.30. The molecule has 1 heterocycles. The largest absolute Gasteiger partial charge is 0.397 e. The molecule has 1 fully saturated rings. The van der Waals surface area contributed by atoms with Crippen LogP contribution in [0.4, 0.5) is 11.4 Å². The van der Waals surface area contributed by atoms with E-state index in [4.69, 9.17) is 15.6 Å². The second kappa shape index (κ2) is 4.75. The molecule has 1 aliphatic rings. The summed E-state index contributed by atoms with van der Waals surface area (Å²) < 4.78 is 27.9. The first-order valence-corrected chi connectivity index (χ1v) is 7.21. The maximum atomic E-state index is 11.2. The van der Waals surface area contributed by atoms with Crippen molar-refractivity contribution in [2.75, 3.05) is 30.3 Å². The molecule has 1 atom stereocenters. The number of sulfonamides is 1. The molecule has 1 aromatic carbocycles. The summed E-state index contributed by atoms with van der Waals surface area (Å²) in [4.78, 5) is 2.11. The smallest absolute Gasteiger partial charge is 0.238 e. The Morgan fingerprint density at radius 3 is 2.72 bits per heavy atom. The first kappa shape index (κ1) is 13.1. The Morgan fingerprint density at radius 2 is 2.17 bits per heavy atom. The van der Waals surface area contributed by atoms with Gasteiger partial charge in [0.2, 0.25) is 10.0 Å². The number of anilines is 2. The van der Waals surface area contributed by atoms with E-state index < -0.39 is 10.0 Å². The number of nitrogen functional groups attached to an aromatic ring is 1. The van der Waals surface area contributed by atoms with Crippen molar-refractivity contribution in [3.63, 3.8) is 0 Å². The van der Waals surface area contributed by atoms with Gasteiger partial charge in [-0.25, -0.2) is 13.6 Å². The number of nitrogens with two attached hydrogens (primary N) is 2. The maximum Gasteiger partial charge on any atom is 0.238 e. The molecule has 0 spiro atoms. The average Bonchev–Trinajstić information content (AvgIpc) is 2.27. The lowest BCUT2D eigenvalue weighted by atomic mass is 10.2. The molecule has 2 rings (SSSR count). The number of ether oxygens (including phenoxy) is 1. The van der Waals surface area contributed by atoms with Gasteiger partial charge in [-0.3, -0.25) is 0 Å². The average molecular weight is 271 g/mol. The van der Waals surface area contributed by atoms with E-state index in [2.05, 4.69) is 4.90 Å². The van der Waals surface area contributed by atoms with E-state index in [0.717, 1.165) is 18.8 Å². The van der Waals surface area contributed by atoms with Gasteiger partial charge in [0.25, 0.3) is 0 Å². The summed E-state index contributed by atoms with van der Waals surface area (Å²) in [7, 11) is -3.71. The fourth-order valence-electron chi connectivity index (χ4n) is 2.03. The van der Waals surface area contributed by atoms with Crippen LogP contribution in [-0.2, 0) is 14.8 Å². The standard InChI is InChI=1S/C11H17N3O3S/c1-8-7-14(4-5-17-8)11-3-2-9(6-10(11)12)18(13,15)16/h2-3,6,8H,4-5,7,12H2,1H3,(H2,13,15,16). The zero-order chi connectivity index (χ0) is 13.3. The lowest BCUT2D eigenvalue weighted by molar-refractivity contribution is 0.0533. The van der Waals surface area contributed by atoms with Crippen LogP contribution in [-0.4, -0.2) is 34.2 Å². The van der Waals surface area contributed by atoms with Gasteiger partial charge in [0, 0.05) is 13.1 Å². The summed E-state index contributed by atoms with van der Waals surface area (Å²) in [5, 5.41) is 5.06. The molecule has 1 aliphatic heterocycles. The topological polar surface area (TPSA) is 98.7 Å². The molecule has 18 heavy (non-hydrogen) atoms. The molecule has 6 nitrogen and oxygen atoms in total. The Morgan fingerprint density at radius 1 is 1.44 bits per heavy atom. The van der Waals surface area contributed by atoms with E-state index in [-0.39, 0.29) is 11.0 Å². The monoisotopic (exact) mass is 271 g/mol. The minimum atomic E-state index is -3.71. The second-order valence-corrected chi connectivity index (χ2v) is 5.95. The minimum Gasteiger partial charge on any atom is -0.397 e. The van der Waals surface area contributed by atoms with Crippen molar-refractivity contribution >= 4 is 21.4 Å². The van der Waals surface area contributed by atoms with Gasteiger partial charge in [0.05, 0.1) is 29.0 Å². The van der Waals surface area contributed by atoms with Gasteiger partial charge in [-0.1, -0.05) is 0 Å².